The maximum Gasteiger partial charge on any atom is 0.303 e. The minimum absolute atomic E-state index is 0.0451. The van der Waals surface area contributed by atoms with Crippen molar-refractivity contribution in [3.63, 3.8) is 0 Å². The van der Waals surface area contributed by atoms with E-state index in [1.54, 1.807) is 0 Å². The van der Waals surface area contributed by atoms with Crippen molar-refractivity contribution in [3.05, 3.63) is 17.6 Å². The van der Waals surface area contributed by atoms with Crippen LogP contribution in [-0.4, -0.2) is 46.1 Å². The number of carbonyl (C=O) groups is 4. The minimum atomic E-state index is -1.03. The summed E-state index contributed by atoms with van der Waals surface area (Å²) in [5.41, 5.74) is 0.0962. The van der Waals surface area contributed by atoms with Gasteiger partial charge in [-0.3, -0.25) is 19.2 Å². The molecule has 1 aromatic rings. The first-order chi connectivity index (χ1) is 12.2. The molecule has 1 aliphatic rings. The van der Waals surface area contributed by atoms with Crippen LogP contribution in [0.25, 0.3) is 0 Å². The maximum absolute atomic E-state index is 12.2. The molecule has 0 saturated heterocycles. The molecule has 140 valence electrons. The molecule has 0 spiro atoms. The number of nitrogens with zero attached hydrogens (tertiary/aromatic N) is 2. The number of rotatable bonds is 5. The number of amides is 2. The molecule has 0 fully saturated rings. The SMILES string of the molecule is CC(=O)NC1NC(=O)c2nc(C(OC(C)=O)C(C)OC(C)=O)cnc2N1. The van der Waals surface area contributed by atoms with Crippen molar-refractivity contribution >= 4 is 29.6 Å². The van der Waals surface area contributed by atoms with E-state index in [1.165, 1.54) is 33.9 Å². The van der Waals surface area contributed by atoms with E-state index in [1.807, 2.05) is 0 Å². The predicted octanol–water partition coefficient (Wildman–Crippen LogP) is -0.393. The van der Waals surface area contributed by atoms with E-state index < -0.39 is 36.3 Å². The quantitative estimate of drug-likeness (QED) is 0.593. The van der Waals surface area contributed by atoms with E-state index >= 15 is 0 Å². The van der Waals surface area contributed by atoms with Gasteiger partial charge in [-0.05, 0) is 6.92 Å². The highest BCUT2D eigenvalue weighted by atomic mass is 16.6. The highest BCUT2D eigenvalue weighted by Gasteiger charge is 2.31. The fourth-order valence-corrected chi connectivity index (χ4v) is 2.35. The molecular formula is C15H19N5O6. The number of aromatic nitrogens is 2. The van der Waals surface area contributed by atoms with E-state index in [0.717, 1.165) is 0 Å². The lowest BCUT2D eigenvalue weighted by atomic mass is 10.1. The summed E-state index contributed by atoms with van der Waals surface area (Å²) in [5, 5.41) is 7.77. The number of carbonyl (C=O) groups excluding carboxylic acids is 4. The van der Waals surface area contributed by atoms with E-state index in [-0.39, 0.29) is 23.1 Å². The summed E-state index contributed by atoms with van der Waals surface area (Å²) in [7, 11) is 0. The van der Waals surface area contributed by atoms with Gasteiger partial charge in [-0.25, -0.2) is 9.97 Å². The Balaban J connectivity index is 2.31. The van der Waals surface area contributed by atoms with E-state index in [4.69, 9.17) is 9.47 Å². The van der Waals surface area contributed by atoms with E-state index in [9.17, 15) is 19.2 Å². The fourth-order valence-electron chi connectivity index (χ4n) is 2.35. The Morgan fingerprint density at radius 1 is 1.15 bits per heavy atom. The van der Waals surface area contributed by atoms with Crippen LogP contribution >= 0.6 is 0 Å². The Bertz CT molecular complexity index is 752. The third-order valence-corrected chi connectivity index (χ3v) is 3.27. The van der Waals surface area contributed by atoms with Crippen molar-refractivity contribution in [2.75, 3.05) is 5.32 Å². The van der Waals surface area contributed by atoms with Crippen LogP contribution in [0.15, 0.2) is 6.20 Å². The summed E-state index contributed by atoms with van der Waals surface area (Å²) in [6.07, 6.45) is -1.40. The van der Waals surface area contributed by atoms with E-state index in [2.05, 4.69) is 25.9 Å². The average molecular weight is 365 g/mol. The summed E-state index contributed by atoms with van der Waals surface area (Å²) >= 11 is 0. The van der Waals surface area contributed by atoms with Gasteiger partial charge in [-0.2, -0.15) is 0 Å². The Labute approximate surface area is 148 Å². The minimum Gasteiger partial charge on any atom is -0.458 e. The van der Waals surface area contributed by atoms with Gasteiger partial charge in [0, 0.05) is 20.8 Å². The Hall–Kier alpha value is -3.24. The van der Waals surface area contributed by atoms with Crippen LogP contribution < -0.4 is 16.0 Å². The number of ether oxygens (including phenoxy) is 2. The molecule has 2 amide bonds. The van der Waals surface area contributed by atoms with Crippen molar-refractivity contribution in [1.82, 2.24) is 20.6 Å². The molecule has 0 saturated carbocycles. The second kappa shape index (κ2) is 7.76. The molecular weight excluding hydrogens is 346 g/mol. The normalized spacial score (nSPS) is 17.7. The number of esters is 2. The van der Waals surface area contributed by atoms with Gasteiger partial charge in [0.05, 0.1) is 6.20 Å². The molecule has 1 aromatic heterocycles. The smallest absolute Gasteiger partial charge is 0.303 e. The molecule has 3 atom stereocenters. The second-order valence-corrected chi connectivity index (χ2v) is 5.59. The third-order valence-electron chi connectivity index (χ3n) is 3.27. The first kappa shape index (κ1) is 19.1. The summed E-state index contributed by atoms with van der Waals surface area (Å²) in [6.45, 7) is 5.25. The van der Waals surface area contributed by atoms with Crippen molar-refractivity contribution in [3.8, 4) is 0 Å². The molecule has 3 unspecified atom stereocenters. The lowest BCUT2D eigenvalue weighted by molar-refractivity contribution is -0.164. The Kier molecular flexibility index (Phi) is 5.70. The molecule has 0 radical (unpaired) electrons. The van der Waals surface area contributed by atoms with E-state index in [0.29, 0.717) is 0 Å². The van der Waals surface area contributed by atoms with Crippen LogP contribution in [-0.2, 0) is 23.9 Å². The maximum atomic E-state index is 12.2. The monoisotopic (exact) mass is 365 g/mol. The Morgan fingerprint density at radius 3 is 2.38 bits per heavy atom. The zero-order chi connectivity index (χ0) is 19.4. The topological polar surface area (TPSA) is 149 Å². The second-order valence-electron chi connectivity index (χ2n) is 5.59. The van der Waals surface area contributed by atoms with Crippen molar-refractivity contribution in [1.29, 1.82) is 0 Å². The van der Waals surface area contributed by atoms with Gasteiger partial charge in [-0.1, -0.05) is 0 Å². The summed E-state index contributed by atoms with van der Waals surface area (Å²) in [4.78, 5) is 54.2. The van der Waals surface area contributed by atoms with Crippen LogP contribution in [0, 0.1) is 0 Å². The van der Waals surface area contributed by atoms with Gasteiger partial charge >= 0.3 is 11.9 Å². The van der Waals surface area contributed by atoms with Crippen LogP contribution in [0.1, 0.15) is 50.0 Å². The summed E-state index contributed by atoms with van der Waals surface area (Å²) < 4.78 is 10.2. The van der Waals surface area contributed by atoms with Crippen LogP contribution in [0.5, 0.6) is 0 Å². The molecule has 11 nitrogen and oxygen atoms in total. The lowest BCUT2D eigenvalue weighted by Gasteiger charge is -2.28. The van der Waals surface area contributed by atoms with Crippen molar-refractivity contribution < 1.29 is 28.7 Å². The number of hydrogen-bond donors (Lipinski definition) is 3. The van der Waals surface area contributed by atoms with Gasteiger partial charge in [0.1, 0.15) is 11.8 Å². The highest BCUT2D eigenvalue weighted by Crippen LogP contribution is 2.25. The van der Waals surface area contributed by atoms with Gasteiger partial charge in [0.15, 0.2) is 23.9 Å². The van der Waals surface area contributed by atoms with Gasteiger partial charge in [-0.15, -0.1) is 0 Å². The zero-order valence-corrected chi connectivity index (χ0v) is 14.7. The van der Waals surface area contributed by atoms with Crippen molar-refractivity contribution in [2.45, 2.75) is 46.2 Å². The highest BCUT2D eigenvalue weighted by molar-refractivity contribution is 5.99. The molecule has 2 rings (SSSR count). The molecule has 3 N–H and O–H groups in total. The molecule has 0 aromatic carbocycles. The standard InChI is InChI=1S/C15H19N5O6/c1-6(25-8(3)22)12(26-9(4)23)10-5-16-13-11(18-10)14(24)20-15(19-13)17-7(2)21/h5-6,12,15H,1-4H3,(H,16,19)(H,17,21)(H,20,24). The van der Waals surface area contributed by atoms with Crippen LogP contribution in [0.3, 0.4) is 0 Å². The largest absolute Gasteiger partial charge is 0.458 e. The number of hydrogen-bond acceptors (Lipinski definition) is 9. The zero-order valence-electron chi connectivity index (χ0n) is 14.7. The average Bonchev–Trinajstić information content (AvgIpc) is 2.51. The molecule has 0 aliphatic carbocycles. The fraction of sp³-hybridized carbons (Fsp3) is 0.467. The Morgan fingerprint density at radius 2 is 1.81 bits per heavy atom. The summed E-state index contributed by atoms with van der Waals surface area (Å²) in [6, 6.07) is 0. The number of anilines is 1. The molecule has 2 heterocycles. The van der Waals surface area contributed by atoms with Gasteiger partial charge < -0.3 is 25.4 Å². The number of fused-ring (bicyclic) bond motifs is 1. The van der Waals surface area contributed by atoms with Crippen molar-refractivity contribution in [2.24, 2.45) is 0 Å². The van der Waals surface area contributed by atoms with Crippen LogP contribution in [0.4, 0.5) is 5.82 Å². The molecule has 1 aliphatic heterocycles. The molecule has 0 bridgehead atoms. The molecule has 26 heavy (non-hydrogen) atoms. The molecule has 11 heteroatoms. The first-order valence-corrected chi connectivity index (χ1v) is 7.73. The van der Waals surface area contributed by atoms with Crippen LogP contribution in [0.2, 0.25) is 0 Å². The number of nitrogens with one attached hydrogen (secondary N) is 3. The lowest BCUT2D eigenvalue weighted by Crippen LogP contribution is -2.55. The van der Waals surface area contributed by atoms with Gasteiger partial charge in [0.25, 0.3) is 5.91 Å². The summed E-state index contributed by atoms with van der Waals surface area (Å²) in [5.74, 6) is -1.94. The third kappa shape index (κ3) is 4.65. The predicted molar refractivity (Wildman–Crippen MR) is 86.5 cm³/mol. The van der Waals surface area contributed by atoms with Gasteiger partial charge in [0.2, 0.25) is 5.91 Å². The first-order valence-electron chi connectivity index (χ1n) is 7.73.